The lowest BCUT2D eigenvalue weighted by Gasteiger charge is -2.00. The smallest absolute Gasteiger partial charge is 0.348 e. The SMILES string of the molecule is COC(=O)c1sccc1Cn1nnc(-c2ccsc2)n1. The minimum absolute atomic E-state index is 0.340. The van der Waals surface area contributed by atoms with E-state index in [0.29, 0.717) is 17.2 Å². The minimum atomic E-state index is -0.340. The van der Waals surface area contributed by atoms with Crippen LogP contribution in [-0.2, 0) is 11.3 Å². The van der Waals surface area contributed by atoms with Gasteiger partial charge in [0.25, 0.3) is 0 Å². The molecule has 6 nitrogen and oxygen atoms in total. The van der Waals surface area contributed by atoms with Crippen molar-refractivity contribution in [2.45, 2.75) is 6.54 Å². The average Bonchev–Trinajstić information content (AvgIpc) is 3.19. The first kappa shape index (κ1) is 12.9. The maximum absolute atomic E-state index is 11.6. The molecule has 0 saturated heterocycles. The van der Waals surface area contributed by atoms with E-state index in [1.807, 2.05) is 28.3 Å². The number of thiophene rings is 2. The number of methoxy groups -OCH3 is 1. The van der Waals surface area contributed by atoms with Crippen molar-refractivity contribution in [3.05, 3.63) is 38.7 Å². The highest BCUT2D eigenvalue weighted by Gasteiger charge is 2.15. The molecule has 3 heterocycles. The Morgan fingerprint density at radius 2 is 2.30 bits per heavy atom. The molecule has 0 fully saturated rings. The summed E-state index contributed by atoms with van der Waals surface area (Å²) in [5.41, 5.74) is 1.77. The molecular weight excluding hydrogens is 296 g/mol. The van der Waals surface area contributed by atoms with Crippen molar-refractivity contribution in [2.75, 3.05) is 7.11 Å². The summed E-state index contributed by atoms with van der Waals surface area (Å²) in [5.74, 6) is 0.245. The van der Waals surface area contributed by atoms with E-state index < -0.39 is 0 Å². The number of esters is 1. The van der Waals surface area contributed by atoms with Gasteiger partial charge in [0.2, 0.25) is 5.82 Å². The van der Waals surface area contributed by atoms with Gasteiger partial charge in [-0.25, -0.2) is 4.79 Å². The Bertz CT molecular complexity index is 717. The number of hydrogen-bond acceptors (Lipinski definition) is 7. The number of rotatable bonds is 4. The molecule has 0 N–H and O–H groups in total. The fourth-order valence-corrected chi connectivity index (χ4v) is 3.17. The molecule has 3 aromatic rings. The Balaban J connectivity index is 1.82. The number of ether oxygens (including phenoxy) is 1. The van der Waals surface area contributed by atoms with Crippen molar-refractivity contribution < 1.29 is 9.53 Å². The Morgan fingerprint density at radius 3 is 3.05 bits per heavy atom. The predicted octanol–water partition coefficient (Wildman–Crippen LogP) is 2.30. The van der Waals surface area contributed by atoms with Crippen LogP contribution in [0.1, 0.15) is 15.2 Å². The number of aromatic nitrogens is 4. The molecule has 0 amide bonds. The summed E-state index contributed by atoms with van der Waals surface area (Å²) in [6.45, 7) is 0.394. The topological polar surface area (TPSA) is 69.9 Å². The van der Waals surface area contributed by atoms with Crippen molar-refractivity contribution in [1.29, 1.82) is 0 Å². The van der Waals surface area contributed by atoms with E-state index in [2.05, 4.69) is 15.4 Å². The summed E-state index contributed by atoms with van der Waals surface area (Å²) in [6, 6.07) is 3.81. The van der Waals surface area contributed by atoms with Crippen molar-refractivity contribution in [3.8, 4) is 11.4 Å². The maximum Gasteiger partial charge on any atom is 0.348 e. The maximum atomic E-state index is 11.6. The van der Waals surface area contributed by atoms with E-state index >= 15 is 0 Å². The standard InChI is InChI=1S/C12H10N4O2S2/c1-18-12(17)10-8(3-5-20-10)6-16-14-11(13-15-16)9-2-4-19-7-9/h2-5,7H,6H2,1H3. The molecule has 20 heavy (non-hydrogen) atoms. The van der Waals surface area contributed by atoms with Gasteiger partial charge in [-0.2, -0.15) is 16.1 Å². The van der Waals surface area contributed by atoms with E-state index in [9.17, 15) is 4.79 Å². The molecule has 0 radical (unpaired) electrons. The zero-order valence-corrected chi connectivity index (χ0v) is 12.1. The number of carbonyl (C=O) groups excluding carboxylic acids is 1. The van der Waals surface area contributed by atoms with E-state index in [4.69, 9.17) is 4.74 Å². The van der Waals surface area contributed by atoms with Crippen LogP contribution in [0.5, 0.6) is 0 Å². The summed E-state index contributed by atoms with van der Waals surface area (Å²) < 4.78 is 4.74. The molecule has 0 aliphatic heterocycles. The van der Waals surface area contributed by atoms with Gasteiger partial charge < -0.3 is 4.74 Å². The van der Waals surface area contributed by atoms with Crippen LogP contribution >= 0.6 is 22.7 Å². The second kappa shape index (κ2) is 5.51. The predicted molar refractivity (Wildman–Crippen MR) is 75.9 cm³/mol. The first-order valence-corrected chi connectivity index (χ1v) is 7.55. The number of hydrogen-bond donors (Lipinski definition) is 0. The number of tetrazole rings is 1. The van der Waals surface area contributed by atoms with Gasteiger partial charge in [-0.15, -0.1) is 21.5 Å². The molecule has 0 unspecified atom stereocenters. The van der Waals surface area contributed by atoms with Crippen LogP contribution in [0.4, 0.5) is 0 Å². The van der Waals surface area contributed by atoms with E-state index in [1.54, 1.807) is 11.3 Å². The molecule has 0 bridgehead atoms. The fraction of sp³-hybridized carbons (Fsp3) is 0.167. The van der Waals surface area contributed by atoms with Gasteiger partial charge in [-0.05, 0) is 28.1 Å². The van der Waals surface area contributed by atoms with Crippen molar-refractivity contribution in [1.82, 2.24) is 20.2 Å². The first-order valence-electron chi connectivity index (χ1n) is 5.73. The summed E-state index contributed by atoms with van der Waals surface area (Å²) in [6.07, 6.45) is 0. The second-order valence-electron chi connectivity index (χ2n) is 3.92. The van der Waals surface area contributed by atoms with Gasteiger partial charge in [0.1, 0.15) is 4.88 Å². The molecule has 3 aromatic heterocycles. The number of nitrogens with zero attached hydrogens (tertiary/aromatic N) is 4. The lowest BCUT2D eigenvalue weighted by molar-refractivity contribution is 0.0605. The molecule has 0 saturated carbocycles. The largest absolute Gasteiger partial charge is 0.465 e. The Hall–Kier alpha value is -2.06. The second-order valence-corrected chi connectivity index (χ2v) is 5.62. The van der Waals surface area contributed by atoms with E-state index in [0.717, 1.165) is 11.1 Å². The fourth-order valence-electron chi connectivity index (χ4n) is 1.70. The first-order chi connectivity index (χ1) is 9.78. The summed E-state index contributed by atoms with van der Waals surface area (Å²) in [5, 5.41) is 18.1. The molecule has 0 spiro atoms. The highest BCUT2D eigenvalue weighted by atomic mass is 32.1. The van der Waals surface area contributed by atoms with Crippen LogP contribution < -0.4 is 0 Å². The van der Waals surface area contributed by atoms with Crippen LogP contribution in [0.15, 0.2) is 28.3 Å². The highest BCUT2D eigenvalue weighted by Crippen LogP contribution is 2.20. The molecule has 3 rings (SSSR count). The highest BCUT2D eigenvalue weighted by molar-refractivity contribution is 7.12. The third-order valence-corrected chi connectivity index (χ3v) is 4.28. The van der Waals surface area contributed by atoms with E-state index in [-0.39, 0.29) is 5.97 Å². The molecule has 0 aliphatic rings. The average molecular weight is 306 g/mol. The summed E-state index contributed by atoms with van der Waals surface area (Å²) in [4.78, 5) is 13.6. The zero-order valence-electron chi connectivity index (χ0n) is 10.5. The summed E-state index contributed by atoms with van der Waals surface area (Å²) >= 11 is 2.93. The third-order valence-electron chi connectivity index (χ3n) is 2.66. The van der Waals surface area contributed by atoms with Gasteiger partial charge in [0, 0.05) is 16.5 Å². The quantitative estimate of drug-likeness (QED) is 0.692. The Labute approximate surface area is 122 Å². The van der Waals surface area contributed by atoms with Gasteiger partial charge in [-0.3, -0.25) is 0 Å². The van der Waals surface area contributed by atoms with Gasteiger partial charge >= 0.3 is 5.97 Å². The molecule has 0 atom stereocenters. The minimum Gasteiger partial charge on any atom is -0.465 e. The number of carbonyl (C=O) groups is 1. The summed E-state index contributed by atoms with van der Waals surface area (Å²) in [7, 11) is 1.37. The van der Waals surface area contributed by atoms with Crippen molar-refractivity contribution in [3.63, 3.8) is 0 Å². The van der Waals surface area contributed by atoms with Crippen LogP contribution in [0.3, 0.4) is 0 Å². The third kappa shape index (κ3) is 2.47. The Kier molecular flexibility index (Phi) is 3.57. The van der Waals surface area contributed by atoms with Crippen LogP contribution in [0.25, 0.3) is 11.4 Å². The van der Waals surface area contributed by atoms with Gasteiger partial charge in [-0.1, -0.05) is 0 Å². The van der Waals surface area contributed by atoms with Gasteiger partial charge in [0.05, 0.1) is 13.7 Å². The Morgan fingerprint density at radius 1 is 1.40 bits per heavy atom. The molecule has 8 heteroatoms. The lowest BCUT2D eigenvalue weighted by Crippen LogP contribution is -2.08. The normalized spacial score (nSPS) is 10.7. The van der Waals surface area contributed by atoms with Gasteiger partial charge in [0.15, 0.2) is 0 Å². The van der Waals surface area contributed by atoms with Crippen molar-refractivity contribution >= 4 is 28.6 Å². The molecule has 0 aliphatic carbocycles. The van der Waals surface area contributed by atoms with E-state index in [1.165, 1.54) is 23.2 Å². The molecular formula is C12H10N4O2S2. The monoisotopic (exact) mass is 306 g/mol. The molecule has 102 valence electrons. The van der Waals surface area contributed by atoms with Crippen LogP contribution in [0.2, 0.25) is 0 Å². The van der Waals surface area contributed by atoms with Crippen LogP contribution in [-0.4, -0.2) is 33.3 Å². The van der Waals surface area contributed by atoms with Crippen molar-refractivity contribution in [2.24, 2.45) is 0 Å². The van der Waals surface area contributed by atoms with Crippen LogP contribution in [0, 0.1) is 0 Å². The lowest BCUT2D eigenvalue weighted by atomic mass is 10.2. The molecule has 0 aromatic carbocycles. The zero-order chi connectivity index (χ0) is 13.9.